The number of nitrogens with one attached hydrogen (secondary N) is 1. The Balaban J connectivity index is 1.77. The molecule has 1 aromatic heterocycles. The number of urea groups is 1. The van der Waals surface area contributed by atoms with Crippen LogP contribution in [0.3, 0.4) is 0 Å². The van der Waals surface area contributed by atoms with Crippen LogP contribution in [0.1, 0.15) is 57.2 Å². The summed E-state index contributed by atoms with van der Waals surface area (Å²) in [7, 11) is 0. The van der Waals surface area contributed by atoms with Crippen molar-refractivity contribution in [2.45, 2.75) is 46.6 Å². The molecule has 7 heteroatoms. The number of carbonyl (C=O) groups is 1. The molecule has 0 aliphatic carbocycles. The van der Waals surface area contributed by atoms with Crippen molar-refractivity contribution in [3.05, 3.63) is 76.3 Å². The molecule has 4 rings (SSSR count). The molecule has 3 aromatic rings. The fourth-order valence-electron chi connectivity index (χ4n) is 3.96. The fraction of sp³-hybridized carbons (Fsp3) is 0.346. The number of carbonyl (C=O) groups excluding carboxylic acids is 1. The third-order valence-electron chi connectivity index (χ3n) is 6.01. The summed E-state index contributed by atoms with van der Waals surface area (Å²) in [5, 5.41) is 8.01. The minimum Gasteiger partial charge on any atom is -0.334 e. The lowest BCUT2D eigenvalue weighted by molar-refractivity contribution is 0.202. The summed E-state index contributed by atoms with van der Waals surface area (Å²) >= 11 is 6.02. The average Bonchev–Trinajstić information content (AvgIpc) is 3.28. The predicted octanol–water partition coefficient (Wildman–Crippen LogP) is 6.50. The summed E-state index contributed by atoms with van der Waals surface area (Å²) in [6.07, 6.45) is 1.85. The number of amides is 2. The Hall–Kier alpha value is -3.12. The normalized spacial score (nSPS) is 16.5. The van der Waals surface area contributed by atoms with E-state index in [1.54, 1.807) is 17.0 Å². The van der Waals surface area contributed by atoms with E-state index in [9.17, 15) is 4.79 Å². The highest BCUT2D eigenvalue weighted by Crippen LogP contribution is 2.37. The van der Waals surface area contributed by atoms with Crippen LogP contribution in [0.4, 0.5) is 4.79 Å². The molecular weight excluding hydrogens is 436 g/mol. The number of nitrogens with zero attached hydrogens (tertiary/aromatic N) is 3. The number of benzene rings is 2. The molecule has 0 saturated carbocycles. The minimum absolute atomic E-state index is 0.112. The second-order valence-electron chi connectivity index (χ2n) is 8.74. The van der Waals surface area contributed by atoms with E-state index in [1.165, 1.54) is 5.56 Å². The van der Waals surface area contributed by atoms with Gasteiger partial charge in [-0.2, -0.15) is 4.98 Å². The van der Waals surface area contributed by atoms with E-state index < -0.39 is 0 Å². The van der Waals surface area contributed by atoms with Gasteiger partial charge in [0.05, 0.1) is 11.6 Å². The highest BCUT2D eigenvalue weighted by molar-refractivity contribution is 6.30. The zero-order valence-corrected chi connectivity index (χ0v) is 20.2. The summed E-state index contributed by atoms with van der Waals surface area (Å²) in [6, 6.07) is 15.1. The summed E-state index contributed by atoms with van der Waals surface area (Å²) < 4.78 is 5.74. The molecule has 2 heterocycles. The van der Waals surface area contributed by atoms with Gasteiger partial charge in [0.1, 0.15) is 0 Å². The molecule has 2 amide bonds. The van der Waals surface area contributed by atoms with Gasteiger partial charge in [0.25, 0.3) is 5.89 Å². The Morgan fingerprint density at radius 3 is 2.45 bits per heavy atom. The summed E-state index contributed by atoms with van der Waals surface area (Å²) in [5.74, 6) is 1.36. The molecule has 0 bridgehead atoms. The first kappa shape index (κ1) is 23.1. The molecule has 33 heavy (non-hydrogen) atoms. The van der Waals surface area contributed by atoms with Crippen molar-refractivity contribution < 1.29 is 9.32 Å². The Labute approximate surface area is 199 Å². The van der Waals surface area contributed by atoms with Gasteiger partial charge in [-0.05, 0) is 61.1 Å². The number of allylic oxidation sites excluding steroid dienone is 1. The molecule has 1 atom stereocenters. The number of hydrogen-bond acceptors (Lipinski definition) is 4. The van der Waals surface area contributed by atoms with E-state index in [1.807, 2.05) is 19.1 Å². The quantitative estimate of drug-likeness (QED) is 0.433. The SMILES string of the molecule is CCc1ccc(C2NC(=O)N(CCC(C)C)C(C)=C2c2nc(-c3ccc(Cl)cc3)no2)cc1. The van der Waals surface area contributed by atoms with Gasteiger partial charge < -0.3 is 9.84 Å². The van der Waals surface area contributed by atoms with E-state index in [2.05, 4.69) is 55.5 Å². The molecule has 0 spiro atoms. The van der Waals surface area contributed by atoms with Gasteiger partial charge in [0.15, 0.2) is 0 Å². The molecule has 0 saturated heterocycles. The predicted molar refractivity (Wildman–Crippen MR) is 131 cm³/mol. The van der Waals surface area contributed by atoms with Crippen LogP contribution >= 0.6 is 11.6 Å². The van der Waals surface area contributed by atoms with Crippen LogP contribution in [0.15, 0.2) is 58.8 Å². The monoisotopic (exact) mass is 464 g/mol. The van der Waals surface area contributed by atoms with Crippen LogP contribution in [-0.2, 0) is 6.42 Å². The topological polar surface area (TPSA) is 71.3 Å². The second-order valence-corrected chi connectivity index (χ2v) is 9.18. The third-order valence-corrected chi connectivity index (χ3v) is 6.26. The van der Waals surface area contributed by atoms with Crippen LogP contribution in [0, 0.1) is 5.92 Å². The number of halogens is 1. The molecule has 1 unspecified atom stereocenters. The lowest BCUT2D eigenvalue weighted by Crippen LogP contribution is -2.46. The summed E-state index contributed by atoms with van der Waals surface area (Å²) in [5.41, 5.74) is 4.67. The molecule has 0 fully saturated rings. The van der Waals surface area contributed by atoms with Crippen molar-refractivity contribution in [2.24, 2.45) is 5.92 Å². The Morgan fingerprint density at radius 2 is 1.82 bits per heavy atom. The zero-order valence-electron chi connectivity index (χ0n) is 19.4. The van der Waals surface area contributed by atoms with Crippen LogP contribution in [-0.4, -0.2) is 27.6 Å². The van der Waals surface area contributed by atoms with Crippen molar-refractivity contribution in [1.29, 1.82) is 0 Å². The molecule has 1 aliphatic heterocycles. The first-order valence-corrected chi connectivity index (χ1v) is 11.7. The van der Waals surface area contributed by atoms with Gasteiger partial charge in [-0.3, -0.25) is 4.90 Å². The maximum atomic E-state index is 13.1. The van der Waals surface area contributed by atoms with Crippen molar-refractivity contribution in [3.63, 3.8) is 0 Å². The molecular formula is C26H29ClN4O2. The molecule has 172 valence electrons. The lowest BCUT2D eigenvalue weighted by Gasteiger charge is -2.35. The first-order chi connectivity index (χ1) is 15.9. The highest BCUT2D eigenvalue weighted by atomic mass is 35.5. The zero-order chi connectivity index (χ0) is 23.5. The first-order valence-electron chi connectivity index (χ1n) is 11.3. The number of aryl methyl sites for hydroxylation is 1. The maximum Gasteiger partial charge on any atom is 0.322 e. The second kappa shape index (κ2) is 9.79. The number of aromatic nitrogens is 2. The molecule has 1 aliphatic rings. The van der Waals surface area contributed by atoms with Gasteiger partial charge in [-0.1, -0.05) is 61.8 Å². The van der Waals surface area contributed by atoms with Gasteiger partial charge in [0, 0.05) is 22.8 Å². The third kappa shape index (κ3) is 4.96. The van der Waals surface area contributed by atoms with Gasteiger partial charge in [-0.25, -0.2) is 4.79 Å². The Morgan fingerprint density at radius 1 is 1.12 bits per heavy atom. The molecule has 6 nitrogen and oxygen atoms in total. The maximum absolute atomic E-state index is 13.1. The van der Waals surface area contributed by atoms with Gasteiger partial charge in [-0.15, -0.1) is 0 Å². The fourth-order valence-corrected chi connectivity index (χ4v) is 4.09. The molecule has 2 aromatic carbocycles. The van der Waals surface area contributed by atoms with Crippen LogP contribution in [0.5, 0.6) is 0 Å². The summed E-state index contributed by atoms with van der Waals surface area (Å²) in [4.78, 5) is 19.5. The van der Waals surface area contributed by atoms with E-state index >= 15 is 0 Å². The van der Waals surface area contributed by atoms with E-state index in [0.717, 1.165) is 35.2 Å². The van der Waals surface area contributed by atoms with Crippen molar-refractivity contribution >= 4 is 23.2 Å². The van der Waals surface area contributed by atoms with Crippen LogP contribution in [0.2, 0.25) is 5.02 Å². The van der Waals surface area contributed by atoms with Gasteiger partial charge in [0.2, 0.25) is 5.82 Å². The molecule has 0 radical (unpaired) electrons. The standard InChI is InChI=1S/C26H29ClN4O2/c1-5-18-6-8-19(9-7-18)23-22(17(4)31(26(32)28-23)15-14-16(2)3)25-29-24(30-33-25)20-10-12-21(27)13-11-20/h6-13,16,23H,5,14-15H2,1-4H3,(H,28,32). The number of hydrogen-bond donors (Lipinski definition) is 1. The smallest absolute Gasteiger partial charge is 0.322 e. The van der Waals surface area contributed by atoms with E-state index in [0.29, 0.717) is 29.2 Å². The van der Waals surface area contributed by atoms with Crippen molar-refractivity contribution in [1.82, 2.24) is 20.4 Å². The van der Waals surface area contributed by atoms with Gasteiger partial charge >= 0.3 is 6.03 Å². The minimum atomic E-state index is -0.378. The van der Waals surface area contributed by atoms with Crippen molar-refractivity contribution in [2.75, 3.05) is 6.54 Å². The molecule has 1 N–H and O–H groups in total. The average molecular weight is 465 g/mol. The van der Waals surface area contributed by atoms with Crippen LogP contribution in [0.25, 0.3) is 17.0 Å². The highest BCUT2D eigenvalue weighted by Gasteiger charge is 2.35. The van der Waals surface area contributed by atoms with Crippen molar-refractivity contribution in [3.8, 4) is 11.4 Å². The Kier molecular flexibility index (Phi) is 6.84. The van der Waals surface area contributed by atoms with E-state index in [4.69, 9.17) is 21.1 Å². The lowest BCUT2D eigenvalue weighted by atomic mass is 9.93. The summed E-state index contributed by atoms with van der Waals surface area (Å²) in [6.45, 7) is 9.00. The number of rotatable bonds is 7. The van der Waals surface area contributed by atoms with Crippen LogP contribution < -0.4 is 5.32 Å². The van der Waals surface area contributed by atoms with E-state index in [-0.39, 0.29) is 12.1 Å². The Bertz CT molecular complexity index is 1150. The largest absolute Gasteiger partial charge is 0.334 e.